The summed E-state index contributed by atoms with van der Waals surface area (Å²) in [6, 6.07) is 4.80. The summed E-state index contributed by atoms with van der Waals surface area (Å²) in [4.78, 5) is 10.2. The van der Waals surface area contributed by atoms with Gasteiger partial charge in [-0.1, -0.05) is 12.1 Å². The Bertz CT molecular complexity index is 341. The molecule has 14 heavy (non-hydrogen) atoms. The maximum Gasteiger partial charge on any atom is 0.311 e. The SMILES string of the molecule is Cc1cccc([N+](=O)[O-])c1OCCCl. The number of benzene rings is 1. The Labute approximate surface area is 86.6 Å². The predicted octanol–water partition coefficient (Wildman–Crippen LogP) is 2.52. The molecule has 0 saturated carbocycles. The van der Waals surface area contributed by atoms with E-state index >= 15 is 0 Å². The number of hydrogen-bond acceptors (Lipinski definition) is 3. The largest absolute Gasteiger partial charge is 0.485 e. The fourth-order valence-electron chi connectivity index (χ4n) is 1.11. The molecule has 1 rings (SSSR count). The number of rotatable bonds is 4. The number of nitro benzene ring substituents is 1. The Morgan fingerprint density at radius 2 is 2.29 bits per heavy atom. The molecule has 0 heterocycles. The number of nitro groups is 1. The number of ether oxygens (including phenoxy) is 1. The lowest BCUT2D eigenvalue weighted by molar-refractivity contribution is -0.385. The van der Waals surface area contributed by atoms with E-state index in [1.54, 1.807) is 19.1 Å². The van der Waals surface area contributed by atoms with Crippen molar-refractivity contribution in [1.82, 2.24) is 0 Å². The van der Waals surface area contributed by atoms with Gasteiger partial charge in [0, 0.05) is 6.07 Å². The number of hydrogen-bond donors (Lipinski definition) is 0. The second-order valence-corrected chi connectivity index (χ2v) is 3.10. The molecule has 0 aromatic heterocycles. The van der Waals surface area contributed by atoms with Crippen LogP contribution in [0.1, 0.15) is 5.56 Å². The second-order valence-electron chi connectivity index (χ2n) is 2.72. The van der Waals surface area contributed by atoms with Gasteiger partial charge in [0.2, 0.25) is 0 Å². The van der Waals surface area contributed by atoms with E-state index in [0.29, 0.717) is 11.6 Å². The van der Waals surface area contributed by atoms with E-state index in [1.807, 2.05) is 0 Å². The molecule has 1 aromatic carbocycles. The molecule has 0 spiro atoms. The number of halogens is 1. The Morgan fingerprint density at radius 3 is 2.86 bits per heavy atom. The van der Waals surface area contributed by atoms with Crippen molar-refractivity contribution in [1.29, 1.82) is 0 Å². The maximum absolute atomic E-state index is 10.6. The summed E-state index contributed by atoms with van der Waals surface area (Å²) in [6.07, 6.45) is 0. The van der Waals surface area contributed by atoms with Gasteiger partial charge in [-0.05, 0) is 12.5 Å². The van der Waals surface area contributed by atoms with Gasteiger partial charge in [0.1, 0.15) is 6.61 Å². The Morgan fingerprint density at radius 1 is 1.57 bits per heavy atom. The zero-order valence-electron chi connectivity index (χ0n) is 7.70. The molecule has 0 atom stereocenters. The van der Waals surface area contributed by atoms with Crippen molar-refractivity contribution in [3.05, 3.63) is 33.9 Å². The zero-order chi connectivity index (χ0) is 10.6. The number of nitrogens with zero attached hydrogens (tertiary/aromatic N) is 1. The average molecular weight is 216 g/mol. The standard InChI is InChI=1S/C9H10ClNO3/c1-7-3-2-4-8(11(12)13)9(7)14-6-5-10/h2-4H,5-6H2,1H3. The number of aryl methyl sites for hydroxylation is 1. The van der Waals surface area contributed by atoms with E-state index in [-0.39, 0.29) is 12.3 Å². The van der Waals surface area contributed by atoms with Crippen LogP contribution in [0.25, 0.3) is 0 Å². The summed E-state index contributed by atoms with van der Waals surface area (Å²) >= 11 is 5.44. The van der Waals surface area contributed by atoms with Gasteiger partial charge in [0.05, 0.1) is 10.8 Å². The summed E-state index contributed by atoms with van der Waals surface area (Å²) in [7, 11) is 0. The molecular formula is C9H10ClNO3. The second kappa shape index (κ2) is 4.81. The summed E-state index contributed by atoms with van der Waals surface area (Å²) in [5, 5.41) is 10.6. The normalized spacial score (nSPS) is 9.86. The van der Waals surface area contributed by atoms with E-state index in [2.05, 4.69) is 0 Å². The monoisotopic (exact) mass is 215 g/mol. The highest BCUT2D eigenvalue weighted by atomic mass is 35.5. The van der Waals surface area contributed by atoms with Crippen LogP contribution in [0, 0.1) is 17.0 Å². The minimum absolute atomic E-state index is 0.0184. The summed E-state index contributed by atoms with van der Waals surface area (Å²) in [5.41, 5.74) is 0.722. The Hall–Kier alpha value is -1.29. The van der Waals surface area contributed by atoms with Gasteiger partial charge in [-0.2, -0.15) is 0 Å². The quantitative estimate of drug-likeness (QED) is 0.441. The molecule has 76 valence electrons. The fourth-order valence-corrected chi connectivity index (χ4v) is 1.19. The smallest absolute Gasteiger partial charge is 0.311 e. The zero-order valence-corrected chi connectivity index (χ0v) is 8.45. The molecule has 0 N–H and O–H groups in total. The highest BCUT2D eigenvalue weighted by molar-refractivity contribution is 6.18. The van der Waals surface area contributed by atoms with Gasteiger partial charge in [-0.15, -0.1) is 11.6 Å². The molecule has 0 aliphatic heterocycles. The molecule has 0 radical (unpaired) electrons. The fraction of sp³-hybridized carbons (Fsp3) is 0.333. The van der Waals surface area contributed by atoms with E-state index in [9.17, 15) is 10.1 Å². The molecule has 0 saturated heterocycles. The molecule has 0 fully saturated rings. The Kier molecular flexibility index (Phi) is 3.71. The third-order valence-corrected chi connectivity index (χ3v) is 1.87. The van der Waals surface area contributed by atoms with E-state index in [1.165, 1.54) is 6.07 Å². The molecule has 0 aliphatic rings. The van der Waals surface area contributed by atoms with Gasteiger partial charge in [-0.3, -0.25) is 10.1 Å². The lowest BCUT2D eigenvalue weighted by atomic mass is 10.2. The van der Waals surface area contributed by atoms with Crippen LogP contribution >= 0.6 is 11.6 Å². The first-order valence-corrected chi connectivity index (χ1v) is 4.63. The van der Waals surface area contributed by atoms with Crippen molar-refractivity contribution in [3.63, 3.8) is 0 Å². The lowest BCUT2D eigenvalue weighted by Crippen LogP contribution is -2.02. The van der Waals surface area contributed by atoms with Gasteiger partial charge in [0.15, 0.2) is 5.75 Å². The molecule has 0 aliphatic carbocycles. The third-order valence-electron chi connectivity index (χ3n) is 1.71. The molecule has 0 amide bonds. The number of alkyl halides is 1. The topological polar surface area (TPSA) is 52.4 Å². The first kappa shape index (κ1) is 10.8. The minimum Gasteiger partial charge on any atom is -0.485 e. The summed E-state index contributed by atoms with van der Waals surface area (Å²) in [6.45, 7) is 2.03. The molecule has 5 heteroatoms. The van der Waals surface area contributed by atoms with Crippen LogP contribution in [0.3, 0.4) is 0 Å². The van der Waals surface area contributed by atoms with Crippen LogP contribution < -0.4 is 4.74 Å². The van der Waals surface area contributed by atoms with Crippen LogP contribution in [0.2, 0.25) is 0 Å². The molecular weight excluding hydrogens is 206 g/mol. The van der Waals surface area contributed by atoms with Crippen LogP contribution in [0.4, 0.5) is 5.69 Å². The average Bonchev–Trinajstić information content (AvgIpc) is 2.15. The third kappa shape index (κ3) is 2.35. The summed E-state index contributed by atoms with van der Waals surface area (Å²) in [5.74, 6) is 0.615. The Balaban J connectivity index is 3.02. The van der Waals surface area contributed by atoms with E-state index < -0.39 is 4.92 Å². The highest BCUT2D eigenvalue weighted by Gasteiger charge is 2.16. The van der Waals surface area contributed by atoms with E-state index in [0.717, 1.165) is 5.56 Å². The molecule has 4 nitrogen and oxygen atoms in total. The van der Waals surface area contributed by atoms with Crippen LogP contribution in [0.15, 0.2) is 18.2 Å². The van der Waals surface area contributed by atoms with Crippen molar-refractivity contribution >= 4 is 17.3 Å². The van der Waals surface area contributed by atoms with Gasteiger partial charge in [-0.25, -0.2) is 0 Å². The predicted molar refractivity (Wildman–Crippen MR) is 54.0 cm³/mol. The first-order valence-electron chi connectivity index (χ1n) is 4.09. The van der Waals surface area contributed by atoms with Gasteiger partial charge in [0.25, 0.3) is 0 Å². The van der Waals surface area contributed by atoms with Crippen LogP contribution in [-0.4, -0.2) is 17.4 Å². The lowest BCUT2D eigenvalue weighted by Gasteiger charge is -2.07. The molecule has 1 aromatic rings. The minimum atomic E-state index is -0.462. The van der Waals surface area contributed by atoms with Crippen molar-refractivity contribution in [2.45, 2.75) is 6.92 Å². The van der Waals surface area contributed by atoms with Crippen molar-refractivity contribution in [2.75, 3.05) is 12.5 Å². The molecule has 0 unspecified atom stereocenters. The van der Waals surface area contributed by atoms with Crippen LogP contribution in [0.5, 0.6) is 5.75 Å². The van der Waals surface area contributed by atoms with E-state index in [4.69, 9.17) is 16.3 Å². The molecule has 0 bridgehead atoms. The van der Waals surface area contributed by atoms with Gasteiger partial charge >= 0.3 is 5.69 Å². The highest BCUT2D eigenvalue weighted by Crippen LogP contribution is 2.29. The van der Waals surface area contributed by atoms with Crippen molar-refractivity contribution < 1.29 is 9.66 Å². The summed E-state index contributed by atoms with van der Waals surface area (Å²) < 4.78 is 5.20. The maximum atomic E-state index is 10.6. The van der Waals surface area contributed by atoms with Crippen molar-refractivity contribution in [2.24, 2.45) is 0 Å². The van der Waals surface area contributed by atoms with Crippen LogP contribution in [-0.2, 0) is 0 Å². The first-order chi connectivity index (χ1) is 6.66. The van der Waals surface area contributed by atoms with Gasteiger partial charge < -0.3 is 4.74 Å². The van der Waals surface area contributed by atoms with Crippen molar-refractivity contribution in [3.8, 4) is 5.75 Å². The number of para-hydroxylation sites is 1.